The molecule has 0 bridgehead atoms. The van der Waals surface area contributed by atoms with Gasteiger partial charge in [-0.25, -0.2) is 0 Å². The molecule has 2 unspecified atom stereocenters. The minimum Gasteiger partial charge on any atom is -0.467 e. The number of unbranched alkanes of at least 4 members (excludes halogenated alkanes) is 3. The van der Waals surface area contributed by atoms with Crippen LogP contribution in [0.1, 0.15) is 38.5 Å². The lowest BCUT2D eigenvalue weighted by Crippen LogP contribution is -2.07. The summed E-state index contributed by atoms with van der Waals surface area (Å²) < 4.78 is 21.6. The third kappa shape index (κ3) is 4.35. The summed E-state index contributed by atoms with van der Waals surface area (Å²) >= 11 is 0. The van der Waals surface area contributed by atoms with Crippen molar-refractivity contribution in [1.82, 2.24) is 0 Å². The molecule has 2 aliphatic heterocycles. The standard InChI is InChI=1S/C14H22O4/c1-11-9-15-13(17-11)7-5-3-4-6-8-14-16-10-12(2)18-14/h13-14H,1-10H2. The first-order valence-corrected chi connectivity index (χ1v) is 6.66. The molecule has 2 fully saturated rings. The third-order valence-electron chi connectivity index (χ3n) is 3.09. The maximum atomic E-state index is 5.39. The van der Waals surface area contributed by atoms with Crippen molar-refractivity contribution < 1.29 is 18.9 Å². The molecule has 2 saturated heterocycles. The van der Waals surface area contributed by atoms with Gasteiger partial charge in [0.05, 0.1) is 0 Å². The maximum absolute atomic E-state index is 5.39. The molecular weight excluding hydrogens is 232 g/mol. The molecule has 2 heterocycles. The van der Waals surface area contributed by atoms with E-state index in [1.807, 2.05) is 0 Å². The molecule has 4 nitrogen and oxygen atoms in total. The Morgan fingerprint density at radius 3 is 1.56 bits per heavy atom. The lowest BCUT2D eigenvalue weighted by atomic mass is 10.1. The van der Waals surface area contributed by atoms with Crippen LogP contribution in [0.15, 0.2) is 24.7 Å². The Bertz CT molecular complexity index is 270. The largest absolute Gasteiger partial charge is 0.467 e. The minimum absolute atomic E-state index is 0.0673. The van der Waals surface area contributed by atoms with Gasteiger partial charge in [-0.1, -0.05) is 26.0 Å². The fraction of sp³-hybridized carbons (Fsp3) is 0.714. The second-order valence-corrected chi connectivity index (χ2v) is 4.79. The molecule has 0 aliphatic carbocycles. The molecule has 0 spiro atoms. The van der Waals surface area contributed by atoms with E-state index in [4.69, 9.17) is 18.9 Å². The van der Waals surface area contributed by atoms with Gasteiger partial charge in [0.1, 0.15) is 24.7 Å². The monoisotopic (exact) mass is 254 g/mol. The summed E-state index contributed by atoms with van der Waals surface area (Å²) in [5.74, 6) is 1.49. The molecule has 0 amide bonds. The topological polar surface area (TPSA) is 36.9 Å². The van der Waals surface area contributed by atoms with Crippen molar-refractivity contribution in [3.8, 4) is 0 Å². The van der Waals surface area contributed by atoms with E-state index < -0.39 is 0 Å². The summed E-state index contributed by atoms with van der Waals surface area (Å²) in [6.45, 7) is 8.55. The van der Waals surface area contributed by atoms with Crippen LogP contribution in [0.4, 0.5) is 0 Å². The van der Waals surface area contributed by atoms with E-state index in [0.717, 1.165) is 37.2 Å². The second kappa shape index (κ2) is 6.81. The third-order valence-corrected chi connectivity index (χ3v) is 3.09. The summed E-state index contributed by atoms with van der Waals surface area (Å²) in [6.07, 6.45) is 6.38. The Hall–Kier alpha value is -1.00. The molecule has 4 heteroatoms. The fourth-order valence-electron chi connectivity index (χ4n) is 2.14. The lowest BCUT2D eigenvalue weighted by molar-refractivity contribution is -0.0410. The molecule has 0 aromatic rings. The predicted octanol–water partition coefficient (Wildman–Crippen LogP) is 3.10. The highest BCUT2D eigenvalue weighted by Crippen LogP contribution is 2.21. The van der Waals surface area contributed by atoms with Gasteiger partial charge in [-0.3, -0.25) is 0 Å². The molecule has 0 saturated carbocycles. The molecular formula is C14H22O4. The molecule has 0 radical (unpaired) electrons. The number of ether oxygens (including phenoxy) is 4. The van der Waals surface area contributed by atoms with Gasteiger partial charge in [0, 0.05) is 12.8 Å². The molecule has 18 heavy (non-hydrogen) atoms. The van der Waals surface area contributed by atoms with Crippen LogP contribution < -0.4 is 0 Å². The maximum Gasteiger partial charge on any atom is 0.199 e. The zero-order chi connectivity index (χ0) is 12.8. The molecule has 2 rings (SSSR count). The van der Waals surface area contributed by atoms with Crippen LogP contribution in [0.5, 0.6) is 0 Å². The Morgan fingerprint density at radius 2 is 1.22 bits per heavy atom. The first-order chi connectivity index (χ1) is 8.74. The van der Waals surface area contributed by atoms with Crippen molar-refractivity contribution in [1.29, 1.82) is 0 Å². The molecule has 0 N–H and O–H groups in total. The van der Waals surface area contributed by atoms with E-state index in [-0.39, 0.29) is 12.6 Å². The van der Waals surface area contributed by atoms with Gasteiger partial charge in [0.2, 0.25) is 0 Å². The number of hydrogen-bond donors (Lipinski definition) is 0. The van der Waals surface area contributed by atoms with E-state index in [0.29, 0.717) is 13.2 Å². The number of rotatable bonds is 7. The molecule has 0 aromatic carbocycles. The van der Waals surface area contributed by atoms with Crippen molar-refractivity contribution in [3.05, 3.63) is 24.7 Å². The van der Waals surface area contributed by atoms with Crippen molar-refractivity contribution in [2.75, 3.05) is 13.2 Å². The summed E-state index contributed by atoms with van der Waals surface area (Å²) in [5, 5.41) is 0. The van der Waals surface area contributed by atoms with E-state index in [1.165, 1.54) is 12.8 Å². The van der Waals surface area contributed by atoms with Crippen molar-refractivity contribution in [3.63, 3.8) is 0 Å². The van der Waals surface area contributed by atoms with Crippen LogP contribution in [0.3, 0.4) is 0 Å². The SMILES string of the molecule is C=C1COC(CCCCCCC2OCC(=C)O2)O1. The van der Waals surface area contributed by atoms with Crippen LogP contribution in [-0.2, 0) is 18.9 Å². The van der Waals surface area contributed by atoms with Crippen LogP contribution in [0, 0.1) is 0 Å². The van der Waals surface area contributed by atoms with Gasteiger partial charge in [0.25, 0.3) is 0 Å². The van der Waals surface area contributed by atoms with Gasteiger partial charge in [-0.15, -0.1) is 0 Å². The summed E-state index contributed by atoms with van der Waals surface area (Å²) in [4.78, 5) is 0. The van der Waals surface area contributed by atoms with Gasteiger partial charge >= 0.3 is 0 Å². The van der Waals surface area contributed by atoms with E-state index >= 15 is 0 Å². The summed E-state index contributed by atoms with van der Waals surface area (Å²) in [6, 6.07) is 0. The molecule has 0 aromatic heterocycles. The first kappa shape index (κ1) is 13.4. The van der Waals surface area contributed by atoms with Crippen LogP contribution in [0.2, 0.25) is 0 Å². The van der Waals surface area contributed by atoms with Gasteiger partial charge in [0.15, 0.2) is 12.6 Å². The second-order valence-electron chi connectivity index (χ2n) is 4.79. The quantitative estimate of drug-likeness (QED) is 0.654. The molecule has 2 aliphatic rings. The van der Waals surface area contributed by atoms with E-state index in [2.05, 4.69) is 13.2 Å². The zero-order valence-electron chi connectivity index (χ0n) is 10.9. The average molecular weight is 254 g/mol. The zero-order valence-corrected chi connectivity index (χ0v) is 10.9. The Morgan fingerprint density at radius 1 is 0.778 bits per heavy atom. The van der Waals surface area contributed by atoms with Gasteiger partial charge in [-0.2, -0.15) is 0 Å². The number of hydrogen-bond acceptors (Lipinski definition) is 4. The highest BCUT2D eigenvalue weighted by Gasteiger charge is 2.20. The Kier molecular flexibility index (Phi) is 5.08. The first-order valence-electron chi connectivity index (χ1n) is 6.66. The molecule has 2 atom stereocenters. The average Bonchev–Trinajstić information content (AvgIpc) is 2.93. The Balaban J connectivity index is 1.42. The molecule has 102 valence electrons. The lowest BCUT2D eigenvalue weighted by Gasteiger charge is -2.10. The van der Waals surface area contributed by atoms with Gasteiger partial charge in [-0.05, 0) is 12.8 Å². The highest BCUT2D eigenvalue weighted by molar-refractivity contribution is 4.87. The smallest absolute Gasteiger partial charge is 0.199 e. The fourth-order valence-corrected chi connectivity index (χ4v) is 2.14. The van der Waals surface area contributed by atoms with E-state index in [9.17, 15) is 0 Å². The van der Waals surface area contributed by atoms with Crippen LogP contribution >= 0.6 is 0 Å². The minimum atomic E-state index is -0.0673. The van der Waals surface area contributed by atoms with Crippen LogP contribution in [0.25, 0.3) is 0 Å². The van der Waals surface area contributed by atoms with Gasteiger partial charge < -0.3 is 18.9 Å². The van der Waals surface area contributed by atoms with Crippen molar-refractivity contribution in [2.45, 2.75) is 51.1 Å². The Labute approximate surface area is 109 Å². The summed E-state index contributed by atoms with van der Waals surface area (Å²) in [5.41, 5.74) is 0. The van der Waals surface area contributed by atoms with E-state index in [1.54, 1.807) is 0 Å². The van der Waals surface area contributed by atoms with Crippen LogP contribution in [-0.4, -0.2) is 25.8 Å². The predicted molar refractivity (Wildman–Crippen MR) is 67.6 cm³/mol. The van der Waals surface area contributed by atoms with Crippen molar-refractivity contribution in [2.24, 2.45) is 0 Å². The van der Waals surface area contributed by atoms with Crippen molar-refractivity contribution >= 4 is 0 Å². The normalized spacial score (nSPS) is 27.3. The summed E-state index contributed by atoms with van der Waals surface area (Å²) in [7, 11) is 0. The highest BCUT2D eigenvalue weighted by atomic mass is 16.7.